The van der Waals surface area contributed by atoms with E-state index in [4.69, 9.17) is 4.74 Å². The van der Waals surface area contributed by atoms with E-state index < -0.39 is 0 Å². The Morgan fingerprint density at radius 2 is 1.37 bits per heavy atom. The van der Waals surface area contributed by atoms with Crippen LogP contribution in [0.3, 0.4) is 0 Å². The van der Waals surface area contributed by atoms with Gasteiger partial charge in [0.2, 0.25) is 0 Å². The number of rotatable bonds is 12. The molecular formula is C29H40O. The Bertz CT molecular complexity index is 754. The number of benzene rings is 2. The van der Waals surface area contributed by atoms with Crippen LogP contribution in [0.2, 0.25) is 0 Å². The van der Waals surface area contributed by atoms with Gasteiger partial charge < -0.3 is 4.74 Å². The fourth-order valence-corrected chi connectivity index (χ4v) is 4.51. The van der Waals surface area contributed by atoms with Gasteiger partial charge in [-0.1, -0.05) is 101 Å². The van der Waals surface area contributed by atoms with Crippen molar-refractivity contribution in [1.82, 2.24) is 0 Å². The van der Waals surface area contributed by atoms with Crippen molar-refractivity contribution in [2.75, 3.05) is 6.61 Å². The van der Waals surface area contributed by atoms with E-state index in [9.17, 15) is 0 Å². The lowest BCUT2D eigenvalue weighted by molar-refractivity contribution is 0.304. The van der Waals surface area contributed by atoms with Crippen LogP contribution < -0.4 is 4.74 Å². The monoisotopic (exact) mass is 404 g/mol. The molecule has 2 aromatic carbocycles. The molecule has 1 unspecified atom stereocenters. The minimum absolute atomic E-state index is 0.828. The molecule has 0 amide bonds. The molecule has 1 aliphatic rings. The molecule has 0 N–H and O–H groups in total. The van der Waals surface area contributed by atoms with Crippen LogP contribution >= 0.6 is 0 Å². The van der Waals surface area contributed by atoms with Crippen molar-refractivity contribution in [2.45, 2.75) is 84.5 Å². The molecule has 0 bridgehead atoms. The zero-order chi connectivity index (χ0) is 21.0. The van der Waals surface area contributed by atoms with E-state index in [-0.39, 0.29) is 0 Å². The Labute approximate surface area is 184 Å². The average Bonchev–Trinajstić information content (AvgIpc) is 2.80. The normalized spacial score (nSPS) is 16.3. The summed E-state index contributed by atoms with van der Waals surface area (Å²) in [5, 5.41) is 0. The molecule has 0 aliphatic heterocycles. The molecule has 0 saturated carbocycles. The van der Waals surface area contributed by atoms with E-state index in [1.807, 2.05) is 0 Å². The smallest absolute Gasteiger partial charge is 0.119 e. The molecule has 30 heavy (non-hydrogen) atoms. The van der Waals surface area contributed by atoms with Crippen molar-refractivity contribution in [1.29, 1.82) is 0 Å². The van der Waals surface area contributed by atoms with E-state index in [1.54, 1.807) is 0 Å². The predicted molar refractivity (Wildman–Crippen MR) is 131 cm³/mol. The van der Waals surface area contributed by atoms with E-state index in [2.05, 4.69) is 68.5 Å². The van der Waals surface area contributed by atoms with Crippen molar-refractivity contribution >= 4 is 5.57 Å². The Balaban J connectivity index is 1.47. The van der Waals surface area contributed by atoms with Crippen LogP contribution in [-0.2, 0) is 0 Å². The summed E-state index contributed by atoms with van der Waals surface area (Å²) in [5.41, 5.74) is 5.47. The maximum absolute atomic E-state index is 5.92. The molecule has 2 aromatic rings. The second-order valence-corrected chi connectivity index (χ2v) is 8.88. The van der Waals surface area contributed by atoms with Gasteiger partial charge in [-0.15, -0.1) is 0 Å². The largest absolute Gasteiger partial charge is 0.494 e. The van der Waals surface area contributed by atoms with Crippen molar-refractivity contribution in [2.24, 2.45) is 5.92 Å². The van der Waals surface area contributed by atoms with Crippen molar-refractivity contribution in [3.63, 3.8) is 0 Å². The molecule has 0 fully saturated rings. The van der Waals surface area contributed by atoms with Gasteiger partial charge in [-0.25, -0.2) is 0 Å². The topological polar surface area (TPSA) is 9.23 Å². The minimum Gasteiger partial charge on any atom is -0.494 e. The molecule has 0 saturated heterocycles. The summed E-state index contributed by atoms with van der Waals surface area (Å²) in [4.78, 5) is 0. The summed E-state index contributed by atoms with van der Waals surface area (Å²) in [6, 6.07) is 17.7. The summed E-state index contributed by atoms with van der Waals surface area (Å²) >= 11 is 0. The number of ether oxygens (including phenoxy) is 1. The second kappa shape index (κ2) is 12.6. The molecule has 0 heterocycles. The van der Waals surface area contributed by atoms with Crippen molar-refractivity contribution in [3.8, 4) is 16.9 Å². The summed E-state index contributed by atoms with van der Waals surface area (Å²) in [7, 11) is 0. The average molecular weight is 405 g/mol. The SMILES string of the molecule is CCCCCCCCOc1ccc(-c2ccc(C3=CCC(CCC)CC3)cc2)cc1. The number of unbranched alkanes of at least 4 members (excludes halogenated alkanes) is 5. The highest BCUT2D eigenvalue weighted by Gasteiger charge is 2.14. The number of hydrogen-bond donors (Lipinski definition) is 0. The molecule has 3 rings (SSSR count). The van der Waals surface area contributed by atoms with Crippen LogP contribution in [0, 0.1) is 5.92 Å². The van der Waals surface area contributed by atoms with Crippen LogP contribution in [0.4, 0.5) is 0 Å². The predicted octanol–water partition coefficient (Wildman–Crippen LogP) is 9.08. The lowest BCUT2D eigenvalue weighted by atomic mass is 9.84. The van der Waals surface area contributed by atoms with Gasteiger partial charge in [-0.2, -0.15) is 0 Å². The van der Waals surface area contributed by atoms with Gasteiger partial charge >= 0.3 is 0 Å². The molecule has 0 spiro atoms. The first-order valence-corrected chi connectivity index (χ1v) is 12.3. The highest BCUT2D eigenvalue weighted by Crippen LogP contribution is 2.33. The van der Waals surface area contributed by atoms with E-state index in [1.165, 1.54) is 86.5 Å². The molecule has 162 valence electrons. The lowest BCUT2D eigenvalue weighted by Gasteiger charge is -2.21. The van der Waals surface area contributed by atoms with E-state index in [0.29, 0.717) is 0 Å². The Morgan fingerprint density at radius 1 is 0.733 bits per heavy atom. The Morgan fingerprint density at radius 3 is 2.00 bits per heavy atom. The van der Waals surface area contributed by atoms with Gasteiger partial charge in [-0.05, 0) is 66.0 Å². The van der Waals surface area contributed by atoms with Crippen molar-refractivity contribution < 1.29 is 4.74 Å². The quantitative estimate of drug-likeness (QED) is 0.320. The highest BCUT2D eigenvalue weighted by molar-refractivity contribution is 5.71. The molecule has 1 heteroatoms. The van der Waals surface area contributed by atoms with E-state index >= 15 is 0 Å². The third-order valence-electron chi connectivity index (χ3n) is 6.43. The third kappa shape index (κ3) is 7.04. The molecule has 1 aliphatic carbocycles. The van der Waals surface area contributed by atoms with Gasteiger partial charge in [0.1, 0.15) is 5.75 Å². The first-order chi connectivity index (χ1) is 14.8. The fraction of sp³-hybridized carbons (Fsp3) is 0.517. The van der Waals surface area contributed by atoms with Crippen LogP contribution in [0.15, 0.2) is 54.6 Å². The third-order valence-corrected chi connectivity index (χ3v) is 6.43. The van der Waals surface area contributed by atoms with Crippen LogP contribution in [-0.4, -0.2) is 6.61 Å². The van der Waals surface area contributed by atoms with E-state index in [0.717, 1.165) is 24.7 Å². The second-order valence-electron chi connectivity index (χ2n) is 8.88. The summed E-state index contributed by atoms with van der Waals surface area (Å²) < 4.78 is 5.92. The van der Waals surface area contributed by atoms with Gasteiger partial charge in [0.15, 0.2) is 0 Å². The standard InChI is InChI=1S/C29H40O/c1-3-5-6-7-8-9-23-30-29-21-19-28(20-22-29)27-17-15-26(16-18-27)25-13-11-24(10-4-2)12-14-25/h13,15-22,24H,3-12,14,23H2,1-2H3. The lowest BCUT2D eigenvalue weighted by Crippen LogP contribution is -2.04. The molecular weight excluding hydrogens is 364 g/mol. The van der Waals surface area contributed by atoms with Crippen LogP contribution in [0.5, 0.6) is 5.75 Å². The Kier molecular flexibility index (Phi) is 9.54. The minimum atomic E-state index is 0.828. The highest BCUT2D eigenvalue weighted by atomic mass is 16.5. The molecule has 0 aromatic heterocycles. The van der Waals surface area contributed by atoms with Gasteiger partial charge in [-0.3, -0.25) is 0 Å². The number of hydrogen-bond acceptors (Lipinski definition) is 1. The summed E-state index contributed by atoms with van der Waals surface area (Å²) in [6.45, 7) is 5.39. The maximum atomic E-state index is 5.92. The first-order valence-electron chi connectivity index (χ1n) is 12.3. The molecule has 1 nitrogen and oxygen atoms in total. The molecule has 1 atom stereocenters. The summed E-state index contributed by atoms with van der Waals surface area (Å²) in [5.74, 6) is 1.89. The zero-order valence-electron chi connectivity index (χ0n) is 19.2. The summed E-state index contributed by atoms with van der Waals surface area (Å²) in [6.07, 6.45) is 16.8. The molecule has 0 radical (unpaired) electrons. The Hall–Kier alpha value is -2.02. The maximum Gasteiger partial charge on any atom is 0.119 e. The zero-order valence-corrected chi connectivity index (χ0v) is 19.2. The van der Waals surface area contributed by atoms with Gasteiger partial charge in [0.05, 0.1) is 6.61 Å². The fourth-order valence-electron chi connectivity index (χ4n) is 4.51. The van der Waals surface area contributed by atoms with Crippen molar-refractivity contribution in [3.05, 3.63) is 60.2 Å². The van der Waals surface area contributed by atoms with Crippen LogP contribution in [0.25, 0.3) is 16.7 Å². The van der Waals surface area contributed by atoms with Gasteiger partial charge in [0.25, 0.3) is 0 Å². The first kappa shape index (κ1) is 22.7. The van der Waals surface area contributed by atoms with Crippen LogP contribution in [0.1, 0.15) is 90.0 Å². The van der Waals surface area contributed by atoms with Gasteiger partial charge in [0, 0.05) is 0 Å². The number of allylic oxidation sites excluding steroid dienone is 2.